The summed E-state index contributed by atoms with van der Waals surface area (Å²) in [6.45, 7) is 3.30. The van der Waals surface area contributed by atoms with Crippen molar-refractivity contribution in [3.63, 3.8) is 0 Å². The summed E-state index contributed by atoms with van der Waals surface area (Å²) in [4.78, 5) is 41.5. The van der Waals surface area contributed by atoms with Gasteiger partial charge in [0.25, 0.3) is 17.7 Å². The molecule has 30 heavy (non-hydrogen) atoms. The minimum absolute atomic E-state index is 0.0884. The molecule has 1 N–H and O–H groups in total. The van der Waals surface area contributed by atoms with E-state index in [9.17, 15) is 14.4 Å². The van der Waals surface area contributed by atoms with Crippen LogP contribution in [0.3, 0.4) is 0 Å². The first kappa shape index (κ1) is 20.1. The Kier molecular flexibility index (Phi) is 5.52. The van der Waals surface area contributed by atoms with E-state index in [-0.39, 0.29) is 24.3 Å². The number of hydrogen-bond donors (Lipinski definition) is 1. The molecular formula is C22H24N4O4. The quantitative estimate of drug-likeness (QED) is 0.753. The zero-order valence-electron chi connectivity index (χ0n) is 17.1. The largest absolute Gasteiger partial charge is 0.496 e. The Hall–Kier alpha value is -3.23. The number of fused-ring (bicyclic) bond motifs is 1. The summed E-state index contributed by atoms with van der Waals surface area (Å²) in [5, 5.41) is 1.89. The molecule has 0 radical (unpaired) electrons. The minimum Gasteiger partial charge on any atom is -0.496 e. The van der Waals surface area contributed by atoms with Crippen molar-refractivity contribution in [1.29, 1.82) is 0 Å². The fourth-order valence-electron chi connectivity index (χ4n) is 3.72. The van der Waals surface area contributed by atoms with E-state index in [1.807, 2.05) is 12.1 Å². The molecule has 4 rings (SSSR count). The minimum atomic E-state index is -0.324. The van der Waals surface area contributed by atoms with Crippen LogP contribution in [0.25, 0.3) is 0 Å². The summed E-state index contributed by atoms with van der Waals surface area (Å²) in [6.07, 6.45) is 0. The smallest absolute Gasteiger partial charge is 0.269 e. The molecule has 2 aromatic rings. The highest BCUT2D eigenvalue weighted by Crippen LogP contribution is 2.26. The Labute approximate surface area is 175 Å². The fraction of sp³-hybridized carbons (Fsp3) is 0.318. The first-order valence-electron chi connectivity index (χ1n) is 9.84. The van der Waals surface area contributed by atoms with Crippen LogP contribution in [0, 0.1) is 0 Å². The van der Waals surface area contributed by atoms with Gasteiger partial charge < -0.3 is 9.64 Å². The Morgan fingerprint density at radius 2 is 1.63 bits per heavy atom. The van der Waals surface area contributed by atoms with Crippen molar-refractivity contribution in [1.82, 2.24) is 20.2 Å². The molecule has 2 aliphatic rings. The van der Waals surface area contributed by atoms with E-state index in [0.717, 1.165) is 26.2 Å². The molecule has 2 heterocycles. The van der Waals surface area contributed by atoms with Gasteiger partial charge in [0.05, 0.1) is 30.3 Å². The van der Waals surface area contributed by atoms with E-state index in [2.05, 4.69) is 10.3 Å². The third kappa shape index (κ3) is 3.79. The van der Waals surface area contributed by atoms with Gasteiger partial charge in [-0.1, -0.05) is 18.2 Å². The van der Waals surface area contributed by atoms with Gasteiger partial charge in [0.15, 0.2) is 0 Å². The molecule has 8 heteroatoms. The predicted molar refractivity (Wildman–Crippen MR) is 110 cm³/mol. The van der Waals surface area contributed by atoms with Crippen LogP contribution < -0.4 is 10.2 Å². The van der Waals surface area contributed by atoms with Crippen LogP contribution in [0.4, 0.5) is 0 Å². The van der Waals surface area contributed by atoms with E-state index in [4.69, 9.17) is 4.74 Å². The zero-order valence-corrected chi connectivity index (χ0v) is 17.1. The highest BCUT2D eigenvalue weighted by atomic mass is 16.5. The number of carbonyl (C=O) groups excluding carboxylic acids is 3. The second kappa shape index (κ2) is 8.25. The molecule has 1 saturated heterocycles. The van der Waals surface area contributed by atoms with Gasteiger partial charge in [-0.2, -0.15) is 0 Å². The monoisotopic (exact) mass is 408 g/mol. The van der Waals surface area contributed by atoms with Gasteiger partial charge in [-0.25, -0.2) is 5.01 Å². The number of piperazine rings is 1. The predicted octanol–water partition coefficient (Wildman–Crippen LogP) is 1.38. The first-order chi connectivity index (χ1) is 14.5. The van der Waals surface area contributed by atoms with E-state index in [1.165, 1.54) is 12.0 Å². The highest BCUT2D eigenvalue weighted by molar-refractivity contribution is 6.21. The van der Waals surface area contributed by atoms with Crippen molar-refractivity contribution >= 4 is 17.7 Å². The van der Waals surface area contributed by atoms with E-state index in [0.29, 0.717) is 28.0 Å². The molecule has 1 fully saturated rings. The summed E-state index contributed by atoms with van der Waals surface area (Å²) < 4.78 is 5.36. The number of imide groups is 1. The number of methoxy groups -OCH3 is 1. The van der Waals surface area contributed by atoms with E-state index >= 15 is 0 Å². The maximum absolute atomic E-state index is 12.9. The van der Waals surface area contributed by atoms with Gasteiger partial charge in [0, 0.05) is 26.2 Å². The van der Waals surface area contributed by atoms with Crippen LogP contribution in [0.15, 0.2) is 42.5 Å². The molecule has 0 atom stereocenters. The van der Waals surface area contributed by atoms with Crippen molar-refractivity contribution in [2.45, 2.75) is 6.54 Å². The van der Waals surface area contributed by atoms with Crippen LogP contribution in [0.2, 0.25) is 0 Å². The van der Waals surface area contributed by atoms with Crippen molar-refractivity contribution < 1.29 is 19.1 Å². The molecule has 0 spiro atoms. The summed E-state index contributed by atoms with van der Waals surface area (Å²) in [7, 11) is 3.55. The van der Waals surface area contributed by atoms with Crippen molar-refractivity contribution in [3.05, 3.63) is 64.7 Å². The van der Waals surface area contributed by atoms with Gasteiger partial charge >= 0.3 is 0 Å². The maximum atomic E-state index is 12.9. The second-order valence-electron chi connectivity index (χ2n) is 7.51. The SMILES string of the molecule is COc1ccc(CN2C(=O)c3ccccc3C2=O)cc1C(=O)NN1CCN(C)CC1. The number of nitrogens with zero attached hydrogens (tertiary/aromatic N) is 3. The standard InChI is InChI=1S/C22H24N4O4/c1-24-9-11-25(12-10-24)23-20(27)18-13-15(7-8-19(18)30-2)14-26-21(28)16-5-3-4-6-17(16)22(26)29/h3-8,13H,9-12,14H2,1-2H3,(H,23,27). The van der Waals surface area contributed by atoms with Gasteiger partial charge in [-0.15, -0.1) is 0 Å². The molecule has 0 bridgehead atoms. The summed E-state index contributed by atoms with van der Waals surface area (Å²) in [5.41, 5.74) is 4.78. The number of likely N-dealkylation sites (N-methyl/N-ethyl adjacent to an activating group) is 1. The van der Waals surface area contributed by atoms with Crippen LogP contribution >= 0.6 is 0 Å². The van der Waals surface area contributed by atoms with Crippen molar-refractivity contribution in [2.24, 2.45) is 0 Å². The number of hydrogen-bond acceptors (Lipinski definition) is 6. The first-order valence-corrected chi connectivity index (χ1v) is 9.84. The fourth-order valence-corrected chi connectivity index (χ4v) is 3.72. The Morgan fingerprint density at radius 1 is 1.00 bits per heavy atom. The van der Waals surface area contributed by atoms with E-state index in [1.54, 1.807) is 42.5 Å². The van der Waals surface area contributed by atoms with E-state index < -0.39 is 0 Å². The summed E-state index contributed by atoms with van der Waals surface area (Å²) in [5.74, 6) is -0.488. The molecule has 8 nitrogen and oxygen atoms in total. The number of rotatable bonds is 5. The van der Waals surface area contributed by atoms with Gasteiger partial charge in [-0.05, 0) is 36.9 Å². The van der Waals surface area contributed by atoms with Gasteiger partial charge in [-0.3, -0.25) is 24.7 Å². The topological polar surface area (TPSA) is 82.2 Å². The third-order valence-electron chi connectivity index (χ3n) is 5.49. The maximum Gasteiger partial charge on any atom is 0.269 e. The van der Waals surface area contributed by atoms with Crippen LogP contribution in [-0.4, -0.2) is 72.9 Å². The lowest BCUT2D eigenvalue weighted by atomic mass is 10.1. The number of nitrogens with one attached hydrogen (secondary N) is 1. The molecule has 0 aromatic heterocycles. The van der Waals surface area contributed by atoms with Crippen LogP contribution in [-0.2, 0) is 6.54 Å². The lowest BCUT2D eigenvalue weighted by Gasteiger charge is -2.32. The number of ether oxygens (including phenoxy) is 1. The molecule has 156 valence electrons. The number of amides is 3. The lowest BCUT2D eigenvalue weighted by Crippen LogP contribution is -2.52. The van der Waals surface area contributed by atoms with Gasteiger partial charge in [0.2, 0.25) is 0 Å². The second-order valence-corrected chi connectivity index (χ2v) is 7.51. The molecule has 3 amide bonds. The highest BCUT2D eigenvalue weighted by Gasteiger charge is 2.35. The number of hydrazine groups is 1. The number of carbonyl (C=O) groups is 3. The van der Waals surface area contributed by atoms with Gasteiger partial charge in [0.1, 0.15) is 5.75 Å². The Morgan fingerprint density at radius 3 is 2.23 bits per heavy atom. The summed E-state index contributed by atoms with van der Waals surface area (Å²) in [6, 6.07) is 11.9. The third-order valence-corrected chi connectivity index (χ3v) is 5.49. The molecule has 0 unspecified atom stereocenters. The molecule has 2 aromatic carbocycles. The van der Waals surface area contributed by atoms with Crippen LogP contribution in [0.5, 0.6) is 5.75 Å². The normalized spacial score (nSPS) is 17.2. The Bertz CT molecular complexity index is 963. The lowest BCUT2D eigenvalue weighted by molar-refractivity contribution is 0.0641. The average Bonchev–Trinajstić information content (AvgIpc) is 3.00. The average molecular weight is 408 g/mol. The Balaban J connectivity index is 1.52. The molecule has 0 saturated carbocycles. The molecular weight excluding hydrogens is 384 g/mol. The van der Waals surface area contributed by atoms with Crippen molar-refractivity contribution in [2.75, 3.05) is 40.3 Å². The molecule has 0 aliphatic carbocycles. The number of benzene rings is 2. The molecule has 2 aliphatic heterocycles. The van der Waals surface area contributed by atoms with Crippen LogP contribution in [0.1, 0.15) is 36.6 Å². The zero-order chi connectivity index (χ0) is 21.3. The summed E-state index contributed by atoms with van der Waals surface area (Å²) >= 11 is 0. The van der Waals surface area contributed by atoms with Crippen molar-refractivity contribution in [3.8, 4) is 5.75 Å².